The van der Waals surface area contributed by atoms with E-state index in [1.54, 1.807) is 6.07 Å². The van der Waals surface area contributed by atoms with Crippen LogP contribution in [0.3, 0.4) is 0 Å². The summed E-state index contributed by atoms with van der Waals surface area (Å²) < 4.78 is 5.74. The summed E-state index contributed by atoms with van der Waals surface area (Å²) in [6.45, 7) is 6.67. The second kappa shape index (κ2) is 8.85. The lowest BCUT2D eigenvalue weighted by atomic mass is 10.2. The predicted octanol–water partition coefficient (Wildman–Crippen LogP) is 3.42. The molecule has 0 spiro atoms. The van der Waals surface area contributed by atoms with Gasteiger partial charge >= 0.3 is 0 Å². The summed E-state index contributed by atoms with van der Waals surface area (Å²) in [5, 5.41) is 7.21. The number of nitrogens with one attached hydrogen (secondary N) is 1. The molecule has 8 heteroatoms. The van der Waals surface area contributed by atoms with Crippen LogP contribution in [0.2, 0.25) is 0 Å². The summed E-state index contributed by atoms with van der Waals surface area (Å²) in [5.74, 6) is -0.171. The average molecular weight is 394 g/mol. The normalized spacial score (nSPS) is 20.8. The minimum Gasteiger partial charge on any atom is -0.373 e. The number of thiophene rings is 1. The van der Waals surface area contributed by atoms with E-state index in [1.807, 2.05) is 16.8 Å². The monoisotopic (exact) mass is 393 g/mol. The van der Waals surface area contributed by atoms with Crippen molar-refractivity contribution >= 4 is 39.5 Å². The number of anilines is 1. The molecule has 1 fully saturated rings. The maximum Gasteiger partial charge on any atom is 0.226 e. The molecule has 3 rings (SSSR count). The summed E-state index contributed by atoms with van der Waals surface area (Å²) >= 11 is 2.82. The lowest BCUT2D eigenvalue weighted by Gasteiger charge is -2.34. The Hall–Kier alpha value is -1.61. The fourth-order valence-electron chi connectivity index (χ4n) is 3.05. The quantitative estimate of drug-likeness (QED) is 0.730. The van der Waals surface area contributed by atoms with Crippen molar-refractivity contribution in [2.24, 2.45) is 0 Å². The van der Waals surface area contributed by atoms with E-state index in [9.17, 15) is 9.59 Å². The molecule has 140 valence electrons. The Morgan fingerprint density at radius 3 is 2.73 bits per heavy atom. The van der Waals surface area contributed by atoms with Gasteiger partial charge in [-0.25, -0.2) is 4.98 Å². The fraction of sp³-hybridized carbons (Fsp3) is 0.500. The second-order valence-corrected chi connectivity index (χ2v) is 8.35. The summed E-state index contributed by atoms with van der Waals surface area (Å²) in [7, 11) is 0. The number of hydrogen-bond acceptors (Lipinski definition) is 7. The largest absolute Gasteiger partial charge is 0.373 e. The smallest absolute Gasteiger partial charge is 0.226 e. The molecule has 1 N–H and O–H groups in total. The van der Waals surface area contributed by atoms with Gasteiger partial charge in [0, 0.05) is 37.9 Å². The Morgan fingerprint density at radius 1 is 1.27 bits per heavy atom. The predicted molar refractivity (Wildman–Crippen MR) is 104 cm³/mol. The van der Waals surface area contributed by atoms with Crippen LogP contribution >= 0.6 is 22.7 Å². The van der Waals surface area contributed by atoms with Gasteiger partial charge in [0.1, 0.15) is 0 Å². The number of ether oxygens (including phenoxy) is 1. The summed E-state index contributed by atoms with van der Waals surface area (Å²) in [5.41, 5.74) is 0.946. The zero-order valence-corrected chi connectivity index (χ0v) is 16.6. The van der Waals surface area contributed by atoms with Crippen molar-refractivity contribution in [3.63, 3.8) is 0 Å². The molecule has 1 aliphatic heterocycles. The standard InChI is InChI=1S/C18H23N3O3S2/c1-12-8-21(9-13(2)24-12)10-14-11-26-18(19-14)20-17(23)6-5-15(22)16-4-3-7-25-16/h3-4,7,11-13H,5-6,8-10H2,1-2H3,(H,19,20,23). The third-order valence-corrected chi connectivity index (χ3v) is 5.77. The zero-order chi connectivity index (χ0) is 18.5. The minimum atomic E-state index is -0.176. The van der Waals surface area contributed by atoms with Crippen LogP contribution in [-0.2, 0) is 16.1 Å². The Labute approximate surface area is 161 Å². The Morgan fingerprint density at radius 2 is 2.04 bits per heavy atom. The first-order valence-electron chi connectivity index (χ1n) is 8.68. The van der Waals surface area contributed by atoms with Gasteiger partial charge < -0.3 is 10.1 Å². The van der Waals surface area contributed by atoms with Crippen LogP contribution in [0.15, 0.2) is 22.9 Å². The molecule has 2 atom stereocenters. The van der Waals surface area contributed by atoms with Gasteiger partial charge in [-0.15, -0.1) is 22.7 Å². The van der Waals surface area contributed by atoms with E-state index in [-0.39, 0.29) is 36.7 Å². The van der Waals surface area contributed by atoms with Crippen molar-refractivity contribution in [3.05, 3.63) is 33.5 Å². The van der Waals surface area contributed by atoms with Gasteiger partial charge in [0.2, 0.25) is 5.91 Å². The summed E-state index contributed by atoms with van der Waals surface area (Å²) in [6, 6.07) is 3.62. The van der Waals surface area contributed by atoms with Crippen LogP contribution in [-0.4, -0.2) is 46.9 Å². The van der Waals surface area contributed by atoms with Crippen molar-refractivity contribution in [1.29, 1.82) is 0 Å². The molecule has 1 saturated heterocycles. The van der Waals surface area contributed by atoms with E-state index in [0.717, 1.165) is 25.3 Å². The maximum absolute atomic E-state index is 12.1. The molecule has 2 aromatic rings. The van der Waals surface area contributed by atoms with E-state index in [1.165, 1.54) is 22.7 Å². The first-order chi connectivity index (χ1) is 12.5. The topological polar surface area (TPSA) is 71.5 Å². The van der Waals surface area contributed by atoms with Crippen LogP contribution in [0.4, 0.5) is 5.13 Å². The van der Waals surface area contributed by atoms with Crippen LogP contribution in [0.25, 0.3) is 0 Å². The number of nitrogens with zero attached hydrogens (tertiary/aromatic N) is 2. The van der Waals surface area contributed by atoms with Gasteiger partial charge in [-0.3, -0.25) is 14.5 Å². The van der Waals surface area contributed by atoms with E-state index < -0.39 is 0 Å². The molecule has 2 aromatic heterocycles. The fourth-order valence-corrected chi connectivity index (χ4v) is 4.46. The molecule has 0 saturated carbocycles. The average Bonchev–Trinajstić information content (AvgIpc) is 3.24. The third-order valence-electron chi connectivity index (χ3n) is 4.05. The van der Waals surface area contributed by atoms with Crippen molar-refractivity contribution in [3.8, 4) is 0 Å². The number of carbonyl (C=O) groups excluding carboxylic acids is 2. The van der Waals surface area contributed by atoms with Crippen molar-refractivity contribution in [1.82, 2.24) is 9.88 Å². The first kappa shape index (κ1) is 19.2. The van der Waals surface area contributed by atoms with Crippen LogP contribution in [0.1, 0.15) is 42.1 Å². The number of aromatic nitrogens is 1. The summed E-state index contributed by atoms with van der Waals surface area (Å²) in [6.07, 6.45) is 0.827. The number of Topliss-reactive ketones (excluding diaryl/α,β-unsaturated/α-hetero) is 1. The van der Waals surface area contributed by atoms with Crippen molar-refractivity contribution in [2.45, 2.75) is 45.4 Å². The molecule has 1 amide bonds. The number of thiazole rings is 1. The number of morpholine rings is 1. The van der Waals surface area contributed by atoms with Crippen molar-refractivity contribution < 1.29 is 14.3 Å². The third kappa shape index (κ3) is 5.44. The number of amides is 1. The van der Waals surface area contributed by atoms with E-state index in [2.05, 4.69) is 29.0 Å². The maximum atomic E-state index is 12.1. The van der Waals surface area contributed by atoms with Gasteiger partial charge in [-0.1, -0.05) is 6.07 Å². The van der Waals surface area contributed by atoms with Gasteiger partial charge in [0.05, 0.1) is 22.8 Å². The number of ketones is 1. The van der Waals surface area contributed by atoms with Crippen LogP contribution in [0.5, 0.6) is 0 Å². The van der Waals surface area contributed by atoms with E-state index >= 15 is 0 Å². The highest BCUT2D eigenvalue weighted by Crippen LogP contribution is 2.20. The van der Waals surface area contributed by atoms with Crippen LogP contribution < -0.4 is 5.32 Å². The van der Waals surface area contributed by atoms with Gasteiger partial charge in [0.25, 0.3) is 0 Å². The molecule has 6 nitrogen and oxygen atoms in total. The lowest BCUT2D eigenvalue weighted by molar-refractivity contribution is -0.116. The molecule has 2 unspecified atom stereocenters. The van der Waals surface area contributed by atoms with E-state index in [4.69, 9.17) is 4.74 Å². The molecule has 26 heavy (non-hydrogen) atoms. The first-order valence-corrected chi connectivity index (χ1v) is 10.4. The number of hydrogen-bond donors (Lipinski definition) is 1. The second-order valence-electron chi connectivity index (χ2n) is 6.54. The lowest BCUT2D eigenvalue weighted by Crippen LogP contribution is -2.44. The highest BCUT2D eigenvalue weighted by molar-refractivity contribution is 7.14. The van der Waals surface area contributed by atoms with Gasteiger partial charge in [0.15, 0.2) is 10.9 Å². The molecule has 0 aromatic carbocycles. The highest BCUT2D eigenvalue weighted by Gasteiger charge is 2.22. The summed E-state index contributed by atoms with van der Waals surface area (Å²) in [4.78, 5) is 31.5. The molecule has 0 bridgehead atoms. The molecule has 0 aliphatic carbocycles. The van der Waals surface area contributed by atoms with E-state index in [0.29, 0.717) is 10.0 Å². The highest BCUT2D eigenvalue weighted by atomic mass is 32.1. The van der Waals surface area contributed by atoms with Crippen molar-refractivity contribution in [2.75, 3.05) is 18.4 Å². The number of carbonyl (C=O) groups is 2. The Bertz CT molecular complexity index is 735. The Balaban J connectivity index is 1.45. The molecule has 0 radical (unpaired) electrons. The minimum absolute atomic E-state index is 0.00512. The molecular formula is C18H23N3O3S2. The molecule has 1 aliphatic rings. The zero-order valence-electron chi connectivity index (χ0n) is 14.9. The Kier molecular flexibility index (Phi) is 6.53. The van der Waals surface area contributed by atoms with Crippen LogP contribution in [0, 0.1) is 0 Å². The SMILES string of the molecule is CC1CN(Cc2csc(NC(=O)CCC(=O)c3cccs3)n2)CC(C)O1. The molecular weight excluding hydrogens is 370 g/mol. The molecule has 3 heterocycles. The van der Waals surface area contributed by atoms with Gasteiger partial charge in [-0.05, 0) is 25.3 Å². The van der Waals surface area contributed by atoms with Gasteiger partial charge in [-0.2, -0.15) is 0 Å². The number of rotatable bonds is 7.